The van der Waals surface area contributed by atoms with E-state index >= 15 is 0 Å². The van der Waals surface area contributed by atoms with Crippen LogP contribution in [-0.2, 0) is 0 Å². The Balaban J connectivity index is 3.03. The average Bonchev–Trinajstić information content (AvgIpc) is 2.42. The Morgan fingerprint density at radius 1 is 1.33 bits per heavy atom. The van der Waals surface area contributed by atoms with E-state index in [2.05, 4.69) is 18.2 Å². The number of methoxy groups -OCH3 is 2. The van der Waals surface area contributed by atoms with Crippen molar-refractivity contribution in [2.75, 3.05) is 20.8 Å². The molecule has 3 heteroatoms. The third-order valence-electron chi connectivity index (χ3n) is 2.77. The zero-order valence-electron chi connectivity index (χ0n) is 11.3. The van der Waals surface area contributed by atoms with E-state index in [4.69, 9.17) is 15.9 Å². The van der Waals surface area contributed by atoms with Gasteiger partial charge in [0.2, 0.25) is 0 Å². The molecule has 1 unspecified atom stereocenters. The number of terminal acetylenes is 1. The molecule has 98 valence electrons. The molecule has 0 aliphatic rings. The standard InChI is InChI=1S/C15H21NO2/c1-5-7-14(16-10-6-2)13-11-12(17-3)8-9-15(13)18-4/h1,8-9,11,14,16H,6-7,10H2,2-4H3. The molecule has 0 spiro atoms. The van der Waals surface area contributed by atoms with Gasteiger partial charge in [-0.05, 0) is 31.2 Å². The first-order valence-electron chi connectivity index (χ1n) is 6.15. The fraction of sp³-hybridized carbons (Fsp3) is 0.467. The molecule has 0 bridgehead atoms. The Hall–Kier alpha value is -1.66. The molecular weight excluding hydrogens is 226 g/mol. The second-order valence-electron chi connectivity index (χ2n) is 4.02. The summed E-state index contributed by atoms with van der Waals surface area (Å²) < 4.78 is 10.6. The Labute approximate surface area is 109 Å². The second-order valence-corrected chi connectivity index (χ2v) is 4.02. The first kappa shape index (κ1) is 14.4. The van der Waals surface area contributed by atoms with Crippen LogP contribution >= 0.6 is 0 Å². The van der Waals surface area contributed by atoms with Crippen molar-refractivity contribution in [2.24, 2.45) is 0 Å². The van der Waals surface area contributed by atoms with Crippen molar-refractivity contribution in [3.8, 4) is 23.8 Å². The molecule has 1 atom stereocenters. The van der Waals surface area contributed by atoms with Crippen molar-refractivity contribution >= 4 is 0 Å². The number of rotatable bonds is 7. The van der Waals surface area contributed by atoms with Crippen LogP contribution in [-0.4, -0.2) is 20.8 Å². The molecule has 3 nitrogen and oxygen atoms in total. The molecule has 0 heterocycles. The minimum absolute atomic E-state index is 0.0972. The molecule has 1 aromatic rings. The van der Waals surface area contributed by atoms with Gasteiger partial charge in [0.05, 0.1) is 14.2 Å². The molecule has 0 saturated heterocycles. The largest absolute Gasteiger partial charge is 0.497 e. The molecule has 1 rings (SSSR count). The van der Waals surface area contributed by atoms with Crippen LogP contribution in [0.2, 0.25) is 0 Å². The topological polar surface area (TPSA) is 30.5 Å². The van der Waals surface area contributed by atoms with Crippen LogP contribution in [0.4, 0.5) is 0 Å². The molecule has 0 aliphatic heterocycles. The maximum atomic E-state index is 5.44. The van der Waals surface area contributed by atoms with Gasteiger partial charge in [-0.25, -0.2) is 0 Å². The molecule has 0 aliphatic carbocycles. The van der Waals surface area contributed by atoms with Crippen LogP contribution in [0, 0.1) is 12.3 Å². The summed E-state index contributed by atoms with van der Waals surface area (Å²) in [4.78, 5) is 0. The van der Waals surface area contributed by atoms with E-state index in [1.807, 2.05) is 18.2 Å². The highest BCUT2D eigenvalue weighted by Crippen LogP contribution is 2.30. The van der Waals surface area contributed by atoms with E-state index in [0.29, 0.717) is 6.42 Å². The lowest BCUT2D eigenvalue weighted by molar-refractivity contribution is 0.389. The van der Waals surface area contributed by atoms with Crippen LogP contribution in [0.5, 0.6) is 11.5 Å². The minimum atomic E-state index is 0.0972. The lowest BCUT2D eigenvalue weighted by Crippen LogP contribution is -2.22. The second kappa shape index (κ2) is 7.62. The summed E-state index contributed by atoms with van der Waals surface area (Å²) in [6.07, 6.45) is 7.13. The van der Waals surface area contributed by atoms with Crippen molar-refractivity contribution in [1.29, 1.82) is 0 Å². The van der Waals surface area contributed by atoms with Gasteiger partial charge < -0.3 is 14.8 Å². The van der Waals surface area contributed by atoms with Crippen molar-refractivity contribution < 1.29 is 9.47 Å². The number of hydrogen-bond donors (Lipinski definition) is 1. The lowest BCUT2D eigenvalue weighted by atomic mass is 10.0. The van der Waals surface area contributed by atoms with Gasteiger partial charge in [-0.15, -0.1) is 12.3 Å². The SMILES string of the molecule is C#CCC(NCCC)c1cc(OC)ccc1OC. The number of hydrogen-bond acceptors (Lipinski definition) is 3. The van der Waals surface area contributed by atoms with E-state index in [1.165, 1.54) is 0 Å². The van der Waals surface area contributed by atoms with Gasteiger partial charge in [0.1, 0.15) is 11.5 Å². The number of benzene rings is 1. The summed E-state index contributed by atoms with van der Waals surface area (Å²) >= 11 is 0. The summed E-state index contributed by atoms with van der Waals surface area (Å²) in [6, 6.07) is 5.86. The molecule has 0 saturated carbocycles. The van der Waals surface area contributed by atoms with Gasteiger partial charge in [-0.3, -0.25) is 0 Å². The quantitative estimate of drug-likeness (QED) is 0.752. The van der Waals surface area contributed by atoms with E-state index in [0.717, 1.165) is 30.0 Å². The zero-order chi connectivity index (χ0) is 13.4. The van der Waals surface area contributed by atoms with Gasteiger partial charge in [0, 0.05) is 18.0 Å². The van der Waals surface area contributed by atoms with Gasteiger partial charge in [0.25, 0.3) is 0 Å². The molecular formula is C15H21NO2. The fourth-order valence-corrected chi connectivity index (χ4v) is 1.84. The van der Waals surface area contributed by atoms with Gasteiger partial charge in [0.15, 0.2) is 0 Å². The Kier molecular flexibility index (Phi) is 6.10. The highest BCUT2D eigenvalue weighted by molar-refractivity contribution is 5.42. The van der Waals surface area contributed by atoms with Crippen LogP contribution in [0.3, 0.4) is 0 Å². The van der Waals surface area contributed by atoms with Crippen LogP contribution in [0.15, 0.2) is 18.2 Å². The Morgan fingerprint density at radius 2 is 2.11 bits per heavy atom. The highest BCUT2D eigenvalue weighted by atomic mass is 16.5. The van der Waals surface area contributed by atoms with Gasteiger partial charge in [-0.1, -0.05) is 6.92 Å². The van der Waals surface area contributed by atoms with E-state index < -0.39 is 0 Å². The smallest absolute Gasteiger partial charge is 0.123 e. The van der Waals surface area contributed by atoms with Crippen LogP contribution in [0.25, 0.3) is 0 Å². The maximum Gasteiger partial charge on any atom is 0.123 e. The molecule has 1 aromatic carbocycles. The third-order valence-corrected chi connectivity index (χ3v) is 2.77. The Bertz CT molecular complexity index is 409. The van der Waals surface area contributed by atoms with Gasteiger partial charge >= 0.3 is 0 Å². The summed E-state index contributed by atoms with van der Waals surface area (Å²) in [5.41, 5.74) is 1.04. The molecule has 0 fully saturated rings. The monoisotopic (exact) mass is 247 g/mol. The lowest BCUT2D eigenvalue weighted by Gasteiger charge is -2.20. The average molecular weight is 247 g/mol. The molecule has 0 amide bonds. The van der Waals surface area contributed by atoms with Crippen LogP contribution in [0.1, 0.15) is 31.4 Å². The van der Waals surface area contributed by atoms with Crippen molar-refractivity contribution in [2.45, 2.75) is 25.8 Å². The minimum Gasteiger partial charge on any atom is -0.497 e. The zero-order valence-corrected chi connectivity index (χ0v) is 11.3. The predicted molar refractivity (Wildman–Crippen MR) is 74.0 cm³/mol. The van der Waals surface area contributed by atoms with Crippen molar-refractivity contribution in [1.82, 2.24) is 5.32 Å². The molecule has 0 aromatic heterocycles. The fourth-order valence-electron chi connectivity index (χ4n) is 1.84. The summed E-state index contributed by atoms with van der Waals surface area (Å²) in [7, 11) is 3.32. The maximum absolute atomic E-state index is 5.44. The number of nitrogens with one attached hydrogen (secondary N) is 1. The normalized spacial score (nSPS) is 11.7. The van der Waals surface area contributed by atoms with E-state index in [1.54, 1.807) is 14.2 Å². The van der Waals surface area contributed by atoms with Crippen molar-refractivity contribution in [3.63, 3.8) is 0 Å². The first-order chi connectivity index (χ1) is 8.76. The van der Waals surface area contributed by atoms with Crippen molar-refractivity contribution in [3.05, 3.63) is 23.8 Å². The molecule has 18 heavy (non-hydrogen) atoms. The van der Waals surface area contributed by atoms with E-state index in [-0.39, 0.29) is 6.04 Å². The summed E-state index contributed by atoms with van der Waals surface area (Å²) in [6.45, 7) is 3.05. The molecule has 0 radical (unpaired) electrons. The summed E-state index contributed by atoms with van der Waals surface area (Å²) in [5.74, 6) is 4.35. The van der Waals surface area contributed by atoms with Gasteiger partial charge in [-0.2, -0.15) is 0 Å². The van der Waals surface area contributed by atoms with Crippen LogP contribution < -0.4 is 14.8 Å². The highest BCUT2D eigenvalue weighted by Gasteiger charge is 2.15. The van der Waals surface area contributed by atoms with E-state index in [9.17, 15) is 0 Å². The molecule has 1 N–H and O–H groups in total. The third kappa shape index (κ3) is 3.68. The summed E-state index contributed by atoms with van der Waals surface area (Å²) in [5, 5.41) is 3.43. The Morgan fingerprint density at radius 3 is 2.67 bits per heavy atom. The predicted octanol–water partition coefficient (Wildman–Crippen LogP) is 2.77. The first-order valence-corrected chi connectivity index (χ1v) is 6.15. The number of ether oxygens (including phenoxy) is 2.